The molecule has 1 aromatic rings. The van der Waals surface area contributed by atoms with Crippen LogP contribution in [0.25, 0.3) is 6.08 Å². The molecule has 6 nitrogen and oxygen atoms in total. The summed E-state index contributed by atoms with van der Waals surface area (Å²) >= 11 is 3.41. The summed E-state index contributed by atoms with van der Waals surface area (Å²) in [6.07, 6.45) is 8.22. The van der Waals surface area contributed by atoms with Crippen molar-refractivity contribution in [3.63, 3.8) is 0 Å². The third kappa shape index (κ3) is 3.60. The molecule has 0 atom stereocenters. The molecule has 1 fully saturated rings. The number of rotatable bonds is 6. The van der Waals surface area contributed by atoms with E-state index in [2.05, 4.69) is 33.7 Å². The van der Waals surface area contributed by atoms with Crippen molar-refractivity contribution in [3.05, 3.63) is 40.5 Å². The monoisotopic (exact) mass is 390 g/mol. The molecule has 0 aromatic heterocycles. The van der Waals surface area contributed by atoms with Crippen molar-refractivity contribution >= 4 is 33.9 Å². The molecule has 1 aromatic carbocycles. The Bertz CT molecular complexity index is 765. The van der Waals surface area contributed by atoms with Crippen molar-refractivity contribution < 1.29 is 19.1 Å². The Morgan fingerprint density at radius 3 is 2.79 bits per heavy atom. The van der Waals surface area contributed by atoms with Gasteiger partial charge >= 0.3 is 6.03 Å². The highest BCUT2D eigenvalue weighted by Gasteiger charge is 2.32. The van der Waals surface area contributed by atoms with Crippen molar-refractivity contribution in [1.82, 2.24) is 10.2 Å². The number of hydrogen-bond acceptors (Lipinski definition) is 4. The number of carbonyl (C=O) groups is 2. The van der Waals surface area contributed by atoms with Crippen LogP contribution in [0.3, 0.4) is 0 Å². The van der Waals surface area contributed by atoms with E-state index in [0.717, 1.165) is 4.90 Å². The number of terminal acetylenes is 1. The van der Waals surface area contributed by atoms with Crippen molar-refractivity contribution in [3.8, 4) is 23.8 Å². The second kappa shape index (κ2) is 7.70. The lowest BCUT2D eigenvalue weighted by atomic mass is 10.1. The lowest BCUT2D eigenvalue weighted by Gasteiger charge is -2.11. The summed E-state index contributed by atoms with van der Waals surface area (Å²) in [5.41, 5.74) is 0.811. The van der Waals surface area contributed by atoms with Crippen molar-refractivity contribution in [2.24, 2.45) is 0 Å². The smallest absolute Gasteiger partial charge is 0.329 e. The summed E-state index contributed by atoms with van der Waals surface area (Å²) in [7, 11) is 1.50. The minimum absolute atomic E-state index is 0.105. The third-order valence-electron chi connectivity index (χ3n) is 3.17. The first kappa shape index (κ1) is 17.6. The maximum absolute atomic E-state index is 12.2. The Labute approximate surface area is 148 Å². The van der Waals surface area contributed by atoms with Gasteiger partial charge in [-0.2, -0.15) is 0 Å². The lowest BCUT2D eigenvalue weighted by molar-refractivity contribution is -0.122. The van der Waals surface area contributed by atoms with Gasteiger partial charge in [-0.15, -0.1) is 13.0 Å². The van der Waals surface area contributed by atoms with E-state index in [1.165, 1.54) is 13.2 Å². The zero-order valence-electron chi connectivity index (χ0n) is 13.0. The van der Waals surface area contributed by atoms with Crippen LogP contribution in [0.1, 0.15) is 5.56 Å². The highest BCUT2D eigenvalue weighted by Crippen LogP contribution is 2.34. The fourth-order valence-electron chi connectivity index (χ4n) is 2.08. The highest BCUT2D eigenvalue weighted by molar-refractivity contribution is 9.10. The SMILES string of the molecule is C#CCOc1cc(Br)c(/C=C2/NC(=O)N(CC=C)C2=O)cc1OC. The van der Waals surface area contributed by atoms with Crippen LogP contribution >= 0.6 is 15.9 Å². The molecule has 1 heterocycles. The first-order chi connectivity index (χ1) is 11.5. The van der Waals surface area contributed by atoms with Gasteiger partial charge in [0, 0.05) is 11.0 Å². The van der Waals surface area contributed by atoms with Crippen molar-refractivity contribution in [2.45, 2.75) is 0 Å². The Morgan fingerprint density at radius 1 is 1.42 bits per heavy atom. The molecule has 3 amide bonds. The van der Waals surface area contributed by atoms with E-state index in [0.29, 0.717) is 21.5 Å². The van der Waals surface area contributed by atoms with Gasteiger partial charge in [-0.3, -0.25) is 9.69 Å². The summed E-state index contributed by atoms with van der Waals surface area (Å²) < 4.78 is 11.3. The van der Waals surface area contributed by atoms with Gasteiger partial charge in [0.1, 0.15) is 12.3 Å². The number of nitrogens with zero attached hydrogens (tertiary/aromatic N) is 1. The maximum atomic E-state index is 12.2. The molecule has 0 unspecified atom stereocenters. The number of halogens is 1. The molecule has 124 valence electrons. The number of methoxy groups -OCH3 is 1. The van der Waals surface area contributed by atoms with Gasteiger partial charge in [0.2, 0.25) is 0 Å². The summed E-state index contributed by atoms with van der Waals surface area (Å²) in [4.78, 5) is 25.1. The molecule has 1 aliphatic heterocycles. The molecule has 0 radical (unpaired) electrons. The Balaban J connectivity index is 2.36. The number of imide groups is 1. The summed E-state index contributed by atoms with van der Waals surface area (Å²) in [6, 6.07) is 2.88. The zero-order chi connectivity index (χ0) is 17.7. The average molecular weight is 391 g/mol. The second-order valence-corrected chi connectivity index (χ2v) is 5.56. The lowest BCUT2D eigenvalue weighted by Crippen LogP contribution is -2.30. The summed E-state index contributed by atoms with van der Waals surface area (Å²) in [5.74, 6) is 2.89. The first-order valence-corrected chi connectivity index (χ1v) is 7.70. The first-order valence-electron chi connectivity index (χ1n) is 6.91. The minimum atomic E-state index is -0.483. The van der Waals surface area contributed by atoms with Gasteiger partial charge in [-0.25, -0.2) is 4.79 Å². The van der Waals surface area contributed by atoms with Crippen LogP contribution in [0.5, 0.6) is 11.5 Å². The van der Waals surface area contributed by atoms with Gasteiger partial charge in [0.05, 0.1) is 7.11 Å². The van der Waals surface area contributed by atoms with E-state index in [9.17, 15) is 9.59 Å². The molecule has 1 saturated heterocycles. The van der Waals surface area contributed by atoms with Gasteiger partial charge in [0.15, 0.2) is 11.5 Å². The number of hydrogen-bond donors (Lipinski definition) is 1. The predicted molar refractivity (Wildman–Crippen MR) is 93.4 cm³/mol. The largest absolute Gasteiger partial charge is 0.493 e. The molecule has 0 bridgehead atoms. The Hall–Kier alpha value is -2.72. The molecular formula is C17H15BrN2O4. The van der Waals surface area contributed by atoms with Crippen molar-refractivity contribution in [2.75, 3.05) is 20.3 Å². The molecular weight excluding hydrogens is 376 g/mol. The number of carbonyl (C=O) groups excluding carboxylic acids is 2. The minimum Gasteiger partial charge on any atom is -0.493 e. The van der Waals surface area contributed by atoms with E-state index in [1.54, 1.807) is 18.2 Å². The van der Waals surface area contributed by atoms with E-state index >= 15 is 0 Å². The van der Waals surface area contributed by atoms with Crippen LogP contribution in [0.15, 0.2) is 35.0 Å². The van der Waals surface area contributed by atoms with E-state index < -0.39 is 11.9 Å². The standard InChI is InChI=1S/C17H15BrN2O4/c1-4-6-20-16(21)13(19-17(20)22)8-11-9-14(23-3)15(10-12(11)18)24-7-5-2/h2,4,8-10H,1,6-7H2,3H3,(H,19,22)/b13-8+. The molecule has 0 saturated carbocycles. The Morgan fingerprint density at radius 2 is 2.17 bits per heavy atom. The van der Waals surface area contributed by atoms with E-state index in [-0.39, 0.29) is 18.8 Å². The number of nitrogens with one attached hydrogen (secondary N) is 1. The molecule has 24 heavy (non-hydrogen) atoms. The number of benzene rings is 1. The maximum Gasteiger partial charge on any atom is 0.329 e. The van der Waals surface area contributed by atoms with E-state index in [1.807, 2.05) is 0 Å². The number of ether oxygens (including phenoxy) is 2. The highest BCUT2D eigenvalue weighted by atomic mass is 79.9. The van der Waals surface area contributed by atoms with Crippen LogP contribution in [0.4, 0.5) is 4.79 Å². The number of urea groups is 1. The van der Waals surface area contributed by atoms with Crippen LogP contribution in [0, 0.1) is 12.3 Å². The number of amides is 3. The summed E-state index contributed by atoms with van der Waals surface area (Å²) in [5, 5.41) is 2.53. The quantitative estimate of drug-likeness (QED) is 0.350. The second-order valence-electron chi connectivity index (χ2n) is 4.71. The zero-order valence-corrected chi connectivity index (χ0v) is 14.6. The van der Waals surface area contributed by atoms with Crippen LogP contribution in [-0.4, -0.2) is 37.1 Å². The molecule has 1 aliphatic rings. The molecule has 7 heteroatoms. The van der Waals surface area contributed by atoms with Crippen molar-refractivity contribution in [1.29, 1.82) is 0 Å². The molecule has 2 rings (SSSR count). The van der Waals surface area contributed by atoms with Gasteiger partial charge in [-0.1, -0.05) is 27.9 Å². The fourth-order valence-corrected chi connectivity index (χ4v) is 2.51. The molecule has 0 aliphatic carbocycles. The van der Waals surface area contributed by atoms with Gasteiger partial charge in [0.25, 0.3) is 5.91 Å². The Kier molecular flexibility index (Phi) is 5.66. The van der Waals surface area contributed by atoms with Crippen LogP contribution < -0.4 is 14.8 Å². The van der Waals surface area contributed by atoms with E-state index in [4.69, 9.17) is 15.9 Å². The molecule has 0 spiro atoms. The van der Waals surface area contributed by atoms with Crippen LogP contribution in [-0.2, 0) is 4.79 Å². The topological polar surface area (TPSA) is 67.9 Å². The predicted octanol–water partition coefficient (Wildman–Crippen LogP) is 2.55. The van der Waals surface area contributed by atoms with Gasteiger partial charge in [-0.05, 0) is 23.8 Å². The third-order valence-corrected chi connectivity index (χ3v) is 3.85. The molecule has 1 N–H and O–H groups in total. The van der Waals surface area contributed by atoms with Gasteiger partial charge < -0.3 is 14.8 Å². The average Bonchev–Trinajstić information content (AvgIpc) is 2.82. The summed E-state index contributed by atoms with van der Waals surface area (Å²) in [6.45, 7) is 3.78. The van der Waals surface area contributed by atoms with Crippen LogP contribution in [0.2, 0.25) is 0 Å². The normalized spacial score (nSPS) is 15.2. The fraction of sp³-hybridized carbons (Fsp3) is 0.176.